The molecule has 3 aromatic rings. The van der Waals surface area contributed by atoms with Gasteiger partial charge in [0.15, 0.2) is 0 Å². The predicted octanol–water partition coefficient (Wildman–Crippen LogP) is 6.05. The van der Waals surface area contributed by atoms with E-state index in [0.29, 0.717) is 17.1 Å². The van der Waals surface area contributed by atoms with Crippen molar-refractivity contribution in [3.63, 3.8) is 0 Å². The zero-order chi connectivity index (χ0) is 29.3. The summed E-state index contributed by atoms with van der Waals surface area (Å²) in [4.78, 5) is 28.4. The van der Waals surface area contributed by atoms with E-state index in [1.54, 1.807) is 25.1 Å². The predicted molar refractivity (Wildman–Crippen MR) is 156 cm³/mol. The van der Waals surface area contributed by atoms with Crippen molar-refractivity contribution in [2.24, 2.45) is 0 Å². The zero-order valence-corrected chi connectivity index (χ0v) is 24.6. The standard InChI is InChI=1S/C29H32Cl2FN3O4S/c1-3-5-17-33-29(37)26(4-2)34(19-21-11-14-23(32)15-12-21)28(36)20-35(27-16-13-22(30)18-25(27)31)40(38,39)24-9-7-6-8-10-24/h6-16,18,26H,3-5,17,19-20H2,1-2H3,(H,33,37). The van der Waals surface area contributed by atoms with Crippen molar-refractivity contribution >= 4 is 50.7 Å². The van der Waals surface area contributed by atoms with Crippen LogP contribution in [-0.4, -0.2) is 44.3 Å². The molecule has 0 saturated carbocycles. The van der Waals surface area contributed by atoms with Crippen molar-refractivity contribution in [1.82, 2.24) is 10.2 Å². The van der Waals surface area contributed by atoms with Gasteiger partial charge >= 0.3 is 0 Å². The molecule has 1 unspecified atom stereocenters. The van der Waals surface area contributed by atoms with E-state index in [9.17, 15) is 22.4 Å². The topological polar surface area (TPSA) is 86.8 Å². The first-order valence-electron chi connectivity index (χ1n) is 12.9. The minimum atomic E-state index is -4.26. The first-order chi connectivity index (χ1) is 19.1. The van der Waals surface area contributed by atoms with Crippen molar-refractivity contribution < 1.29 is 22.4 Å². The Hall–Kier alpha value is -3.14. The number of carbonyl (C=O) groups is 2. The SMILES string of the molecule is CCCCNC(=O)C(CC)N(Cc1ccc(F)cc1)C(=O)CN(c1ccc(Cl)cc1Cl)S(=O)(=O)c1ccccc1. The second kappa shape index (κ2) is 14.5. The number of nitrogens with zero attached hydrogens (tertiary/aromatic N) is 2. The lowest BCUT2D eigenvalue weighted by Crippen LogP contribution is -2.52. The average Bonchev–Trinajstić information content (AvgIpc) is 2.93. The molecule has 1 atom stereocenters. The van der Waals surface area contributed by atoms with Gasteiger partial charge in [0, 0.05) is 18.1 Å². The maximum Gasteiger partial charge on any atom is 0.264 e. The fourth-order valence-corrected chi connectivity index (χ4v) is 6.14. The number of amides is 2. The van der Waals surface area contributed by atoms with E-state index < -0.39 is 34.3 Å². The molecule has 40 heavy (non-hydrogen) atoms. The van der Waals surface area contributed by atoms with Crippen molar-refractivity contribution in [2.75, 3.05) is 17.4 Å². The molecule has 0 heterocycles. The van der Waals surface area contributed by atoms with Gasteiger partial charge in [0.1, 0.15) is 18.4 Å². The Morgan fingerprint density at radius 3 is 2.25 bits per heavy atom. The molecule has 0 aliphatic carbocycles. The van der Waals surface area contributed by atoms with Crippen LogP contribution in [-0.2, 0) is 26.2 Å². The van der Waals surface area contributed by atoms with Crippen LogP contribution in [0.2, 0.25) is 10.0 Å². The lowest BCUT2D eigenvalue weighted by molar-refractivity contribution is -0.140. The van der Waals surface area contributed by atoms with Gasteiger partial charge in [-0.3, -0.25) is 13.9 Å². The molecule has 214 valence electrons. The summed E-state index contributed by atoms with van der Waals surface area (Å²) in [6.07, 6.45) is 1.92. The van der Waals surface area contributed by atoms with Gasteiger partial charge in [0.2, 0.25) is 11.8 Å². The number of unbranched alkanes of at least 4 members (excludes halogenated alkanes) is 1. The Morgan fingerprint density at radius 1 is 0.975 bits per heavy atom. The zero-order valence-electron chi connectivity index (χ0n) is 22.3. The molecule has 2 amide bonds. The molecule has 0 aliphatic rings. The summed E-state index contributed by atoms with van der Waals surface area (Å²) in [5, 5.41) is 3.19. The molecular weight excluding hydrogens is 576 g/mol. The summed E-state index contributed by atoms with van der Waals surface area (Å²) in [6.45, 7) is 3.53. The van der Waals surface area contributed by atoms with Crippen LogP contribution in [0.5, 0.6) is 0 Å². The summed E-state index contributed by atoms with van der Waals surface area (Å²) in [6, 6.07) is 16.6. The summed E-state index contributed by atoms with van der Waals surface area (Å²) in [5.74, 6) is -1.43. The van der Waals surface area contributed by atoms with E-state index in [1.807, 2.05) is 6.92 Å². The highest BCUT2D eigenvalue weighted by Gasteiger charge is 2.34. The Balaban J connectivity index is 2.05. The van der Waals surface area contributed by atoms with E-state index >= 15 is 0 Å². The van der Waals surface area contributed by atoms with Crippen LogP contribution >= 0.6 is 23.2 Å². The summed E-state index contributed by atoms with van der Waals surface area (Å²) >= 11 is 12.5. The molecule has 0 fully saturated rings. The van der Waals surface area contributed by atoms with Gasteiger partial charge < -0.3 is 10.2 Å². The van der Waals surface area contributed by atoms with Crippen LogP contribution in [0.4, 0.5) is 10.1 Å². The number of benzene rings is 3. The molecule has 0 aliphatic heterocycles. The summed E-state index contributed by atoms with van der Waals surface area (Å²) < 4.78 is 42.1. The smallest absolute Gasteiger partial charge is 0.264 e. The van der Waals surface area contributed by atoms with Crippen molar-refractivity contribution in [3.8, 4) is 0 Å². The van der Waals surface area contributed by atoms with E-state index in [0.717, 1.165) is 17.1 Å². The van der Waals surface area contributed by atoms with Crippen molar-refractivity contribution in [2.45, 2.75) is 50.6 Å². The highest BCUT2D eigenvalue weighted by molar-refractivity contribution is 7.92. The third kappa shape index (κ3) is 7.96. The number of hydrogen-bond donors (Lipinski definition) is 1. The van der Waals surface area contributed by atoms with Crippen LogP contribution in [0.1, 0.15) is 38.7 Å². The van der Waals surface area contributed by atoms with Gasteiger partial charge in [-0.05, 0) is 60.9 Å². The molecule has 3 aromatic carbocycles. The maximum absolute atomic E-state index is 14.0. The number of carbonyl (C=O) groups excluding carboxylic acids is 2. The van der Waals surface area contributed by atoms with E-state index in [-0.39, 0.29) is 34.5 Å². The molecule has 1 N–H and O–H groups in total. The van der Waals surface area contributed by atoms with Crippen LogP contribution in [0.25, 0.3) is 0 Å². The summed E-state index contributed by atoms with van der Waals surface area (Å²) in [7, 11) is -4.26. The number of hydrogen-bond acceptors (Lipinski definition) is 4. The minimum absolute atomic E-state index is 0.0353. The highest BCUT2D eigenvalue weighted by Crippen LogP contribution is 2.33. The molecule has 0 bridgehead atoms. The van der Waals surface area contributed by atoms with Crippen LogP contribution < -0.4 is 9.62 Å². The molecule has 0 saturated heterocycles. The van der Waals surface area contributed by atoms with Crippen LogP contribution in [0.15, 0.2) is 77.7 Å². The fourth-order valence-electron chi connectivity index (χ4n) is 4.13. The van der Waals surface area contributed by atoms with Gasteiger partial charge in [0.25, 0.3) is 10.0 Å². The van der Waals surface area contributed by atoms with Gasteiger partial charge in [0.05, 0.1) is 15.6 Å². The average molecular weight is 609 g/mol. The van der Waals surface area contributed by atoms with Gasteiger partial charge in [-0.1, -0.05) is 73.8 Å². The second-order valence-electron chi connectivity index (χ2n) is 9.14. The highest BCUT2D eigenvalue weighted by atomic mass is 35.5. The van der Waals surface area contributed by atoms with Crippen LogP contribution in [0.3, 0.4) is 0 Å². The van der Waals surface area contributed by atoms with E-state index in [4.69, 9.17) is 23.2 Å². The Kier molecular flexibility index (Phi) is 11.4. The number of rotatable bonds is 13. The number of anilines is 1. The number of halogens is 3. The second-order valence-corrected chi connectivity index (χ2v) is 11.8. The third-order valence-electron chi connectivity index (χ3n) is 6.27. The van der Waals surface area contributed by atoms with Crippen LogP contribution in [0, 0.1) is 5.82 Å². The lowest BCUT2D eigenvalue weighted by Gasteiger charge is -2.33. The number of sulfonamides is 1. The molecule has 7 nitrogen and oxygen atoms in total. The quantitative estimate of drug-likeness (QED) is 0.240. The Labute approximate surface area is 244 Å². The molecule has 0 spiro atoms. The van der Waals surface area contributed by atoms with Crippen molar-refractivity contribution in [1.29, 1.82) is 0 Å². The normalized spacial score (nSPS) is 12.0. The Morgan fingerprint density at radius 2 is 1.65 bits per heavy atom. The summed E-state index contributed by atoms with van der Waals surface area (Å²) in [5.41, 5.74) is 0.641. The molecule has 3 rings (SSSR count). The van der Waals surface area contributed by atoms with E-state index in [2.05, 4.69) is 5.32 Å². The lowest BCUT2D eigenvalue weighted by atomic mass is 10.1. The monoisotopic (exact) mass is 607 g/mol. The first kappa shape index (κ1) is 31.4. The first-order valence-corrected chi connectivity index (χ1v) is 15.1. The largest absolute Gasteiger partial charge is 0.354 e. The third-order valence-corrected chi connectivity index (χ3v) is 8.58. The maximum atomic E-state index is 14.0. The van der Waals surface area contributed by atoms with Gasteiger partial charge in [-0.2, -0.15) is 0 Å². The Bertz CT molecular complexity index is 1410. The number of nitrogens with one attached hydrogen (secondary N) is 1. The minimum Gasteiger partial charge on any atom is -0.354 e. The van der Waals surface area contributed by atoms with Crippen molar-refractivity contribution in [3.05, 3.63) is 94.2 Å². The van der Waals surface area contributed by atoms with E-state index in [1.165, 1.54) is 59.5 Å². The molecule has 0 radical (unpaired) electrons. The van der Waals surface area contributed by atoms with Gasteiger partial charge in [-0.15, -0.1) is 0 Å². The van der Waals surface area contributed by atoms with Gasteiger partial charge in [-0.25, -0.2) is 12.8 Å². The molecular formula is C29H32Cl2FN3O4S. The molecule has 11 heteroatoms. The fraction of sp³-hybridized carbons (Fsp3) is 0.310. The molecule has 0 aromatic heterocycles.